The van der Waals surface area contributed by atoms with Crippen molar-refractivity contribution in [1.82, 2.24) is 4.90 Å². The van der Waals surface area contributed by atoms with Gasteiger partial charge in [0.05, 0.1) is 24.4 Å². The molecule has 0 spiro atoms. The third kappa shape index (κ3) is 16.2. The molecule has 2 N–H and O–H groups in total. The molecule has 0 aromatic rings. The Morgan fingerprint density at radius 3 is 2.22 bits per heavy atom. The number of allylic oxidation sites excluding steroid dienone is 6. The number of amides is 1. The van der Waals surface area contributed by atoms with Gasteiger partial charge >= 0.3 is 5.97 Å². The minimum Gasteiger partial charge on any atom is -0.460 e. The molecule has 15 nitrogen and oxygen atoms in total. The Hall–Kier alpha value is -3.14. The number of cyclic esters (lactones) is 1. The van der Waals surface area contributed by atoms with Crippen LogP contribution in [0.15, 0.2) is 47.6 Å². The standard InChI is InChI=1S/C53H84NO14P/c1-32-18-14-13-15-19-33(2)44(63-8)30-40-23-21-38(7)53(61,67-40)50(58)51(59)54-25-17-16-20-41(54)52(60)66-45(35(4)28-39-22-24-43(46(29-39)64-9)68-69(11,12)62)31-42(55)34(3)27-37(6)48(57)49(65-10)47(56)36(5)26-32/h13-15,18-19,27,32,34-36,38-41,43-46,48-49,57,61H,16-17,20-26,28-31H2,1-12H3/b15-13?,18-14+,33-19?,37-27+/t32-,34-,35?,36-,38-,39+,40+,41+,43-,44+,45?,46-,48-,49+,53-/m1/s1. The summed E-state index contributed by atoms with van der Waals surface area (Å²) in [6.07, 6.45) is 11.4. The number of ketones is 3. The molecule has 0 aromatic carbocycles. The van der Waals surface area contributed by atoms with Gasteiger partial charge in [0.25, 0.3) is 11.7 Å². The van der Waals surface area contributed by atoms with Crippen LogP contribution in [0, 0.1) is 35.5 Å². The molecular formula is C53H84NO14P. The summed E-state index contributed by atoms with van der Waals surface area (Å²) in [6.45, 7) is 15.9. The van der Waals surface area contributed by atoms with E-state index in [0.29, 0.717) is 63.4 Å². The van der Waals surface area contributed by atoms with Crippen molar-refractivity contribution in [3.05, 3.63) is 47.6 Å². The Bertz CT molecular complexity index is 1940. The van der Waals surface area contributed by atoms with Gasteiger partial charge in [0.1, 0.15) is 30.1 Å². The quantitative estimate of drug-likeness (QED) is 0.104. The first kappa shape index (κ1) is 58.4. The second-order valence-electron chi connectivity index (χ2n) is 20.9. The monoisotopic (exact) mass is 990 g/mol. The summed E-state index contributed by atoms with van der Waals surface area (Å²) in [5.74, 6) is -8.11. The molecule has 3 heterocycles. The number of carbonyl (C=O) groups is 5. The zero-order chi connectivity index (χ0) is 51.4. The normalized spacial score (nSPS) is 37.8. The molecule has 4 rings (SSSR count). The van der Waals surface area contributed by atoms with Crippen molar-refractivity contribution in [2.24, 2.45) is 35.5 Å². The van der Waals surface area contributed by atoms with Crippen molar-refractivity contribution in [2.75, 3.05) is 41.2 Å². The van der Waals surface area contributed by atoms with Gasteiger partial charge in [-0.15, -0.1) is 0 Å². The molecule has 15 atom stereocenters. The number of nitrogens with zero attached hydrogens (tertiary/aromatic N) is 1. The first-order chi connectivity index (χ1) is 32.4. The van der Waals surface area contributed by atoms with Crippen molar-refractivity contribution < 1.29 is 67.0 Å². The maximum Gasteiger partial charge on any atom is 0.329 e. The minimum atomic E-state index is -2.79. The van der Waals surface area contributed by atoms with E-state index in [1.165, 1.54) is 12.0 Å². The number of hydrogen-bond donors (Lipinski definition) is 2. The lowest BCUT2D eigenvalue weighted by Gasteiger charge is -2.42. The van der Waals surface area contributed by atoms with E-state index >= 15 is 0 Å². The van der Waals surface area contributed by atoms with Crippen LogP contribution in [0.2, 0.25) is 0 Å². The lowest BCUT2D eigenvalue weighted by atomic mass is 9.78. The number of methoxy groups -OCH3 is 3. The molecule has 3 fully saturated rings. The van der Waals surface area contributed by atoms with E-state index in [0.717, 1.165) is 12.0 Å². The van der Waals surface area contributed by atoms with E-state index in [1.807, 2.05) is 58.1 Å². The smallest absolute Gasteiger partial charge is 0.329 e. The van der Waals surface area contributed by atoms with Crippen LogP contribution < -0.4 is 0 Å². The summed E-state index contributed by atoms with van der Waals surface area (Å²) >= 11 is 0. The first-order valence-corrected chi connectivity index (χ1v) is 27.7. The number of aliphatic hydroxyl groups excluding tert-OH is 1. The molecule has 1 amide bonds. The van der Waals surface area contributed by atoms with Gasteiger partial charge in [-0.05, 0) is 107 Å². The molecule has 69 heavy (non-hydrogen) atoms. The van der Waals surface area contributed by atoms with Crippen LogP contribution in [-0.2, 0) is 56.7 Å². The fourth-order valence-electron chi connectivity index (χ4n) is 10.5. The Labute approximate surface area is 411 Å². The van der Waals surface area contributed by atoms with Gasteiger partial charge in [0.15, 0.2) is 13.2 Å². The Balaban J connectivity index is 1.70. The second-order valence-corrected chi connectivity index (χ2v) is 23.6. The van der Waals surface area contributed by atoms with Crippen molar-refractivity contribution in [1.29, 1.82) is 0 Å². The fourth-order valence-corrected chi connectivity index (χ4v) is 11.4. The zero-order valence-electron chi connectivity index (χ0n) is 43.4. The SMILES string of the molecule is CO[C@H]1C[C@@H]2CC[C@@H](C)[C@@](O)(O2)C(=O)C(=O)N2CCCC[C@H]2C(=O)OC(C(C)C[C@@H]2CC[C@@H](OP(C)(C)=O)[C@H](OC)C2)CC(=O)[C@H](C)/C=C(\C)[C@@H](O)[C@@H](OC)C(=O)[C@H](C)C[C@H](C)/C=C/C=CC=C1C. The number of hydrogen-bond acceptors (Lipinski definition) is 14. The summed E-state index contributed by atoms with van der Waals surface area (Å²) in [6, 6.07) is -1.16. The molecule has 390 valence electrons. The maximum absolute atomic E-state index is 14.5. The number of piperidine rings is 1. The molecule has 1 saturated carbocycles. The van der Waals surface area contributed by atoms with Crippen LogP contribution in [0.4, 0.5) is 0 Å². The molecule has 1 aliphatic carbocycles. The molecule has 2 unspecified atom stereocenters. The maximum atomic E-state index is 14.5. The number of Topliss-reactive ketones (excluding diaryl/α,β-unsaturated/α-hetero) is 3. The van der Waals surface area contributed by atoms with Crippen LogP contribution in [0.1, 0.15) is 126 Å². The third-order valence-corrected chi connectivity index (χ3v) is 15.6. The van der Waals surface area contributed by atoms with Gasteiger partial charge in [-0.1, -0.05) is 71.1 Å². The largest absolute Gasteiger partial charge is 0.460 e. The van der Waals surface area contributed by atoms with E-state index in [2.05, 4.69) is 0 Å². The summed E-state index contributed by atoms with van der Waals surface area (Å²) < 4.78 is 48.2. The number of carbonyl (C=O) groups excluding carboxylic acids is 5. The Morgan fingerprint density at radius 1 is 0.855 bits per heavy atom. The highest BCUT2D eigenvalue weighted by molar-refractivity contribution is 7.57. The van der Waals surface area contributed by atoms with E-state index < -0.39 is 85.1 Å². The van der Waals surface area contributed by atoms with E-state index in [4.69, 9.17) is 28.2 Å². The number of rotatable bonds is 8. The van der Waals surface area contributed by atoms with Crippen molar-refractivity contribution >= 4 is 36.6 Å². The van der Waals surface area contributed by atoms with Crippen LogP contribution in [0.3, 0.4) is 0 Å². The Kier molecular flexibility index (Phi) is 22.5. The highest BCUT2D eigenvalue weighted by atomic mass is 31.2. The summed E-state index contributed by atoms with van der Waals surface area (Å²) in [7, 11) is 1.76. The number of esters is 1. The van der Waals surface area contributed by atoms with E-state index in [1.54, 1.807) is 54.4 Å². The third-order valence-electron chi connectivity index (χ3n) is 14.8. The lowest BCUT2D eigenvalue weighted by molar-refractivity contribution is -0.265. The number of ether oxygens (including phenoxy) is 5. The molecule has 0 aromatic heterocycles. The van der Waals surface area contributed by atoms with Gasteiger partial charge in [-0.3, -0.25) is 23.7 Å². The van der Waals surface area contributed by atoms with E-state index in [9.17, 15) is 38.8 Å². The molecule has 2 saturated heterocycles. The Morgan fingerprint density at radius 2 is 1.57 bits per heavy atom. The fraction of sp³-hybridized carbons (Fsp3) is 0.755. The van der Waals surface area contributed by atoms with Gasteiger partial charge in [-0.25, -0.2) is 4.79 Å². The van der Waals surface area contributed by atoms with Gasteiger partial charge in [-0.2, -0.15) is 0 Å². The number of aliphatic hydroxyl groups is 2. The predicted molar refractivity (Wildman–Crippen MR) is 263 cm³/mol. The molecule has 16 heteroatoms. The zero-order valence-corrected chi connectivity index (χ0v) is 44.3. The van der Waals surface area contributed by atoms with Gasteiger partial charge in [0, 0.05) is 71.8 Å². The highest BCUT2D eigenvalue weighted by Gasteiger charge is 2.53. The molecule has 3 aliphatic heterocycles. The predicted octanol–water partition coefficient (Wildman–Crippen LogP) is 7.74. The van der Waals surface area contributed by atoms with Gasteiger partial charge < -0.3 is 43.3 Å². The molecule has 2 bridgehead atoms. The van der Waals surface area contributed by atoms with Crippen LogP contribution in [-0.4, -0.2) is 140 Å². The van der Waals surface area contributed by atoms with Crippen LogP contribution in [0.25, 0.3) is 0 Å². The summed E-state index contributed by atoms with van der Waals surface area (Å²) in [4.78, 5) is 72.2. The molecule has 0 radical (unpaired) electrons. The van der Waals surface area contributed by atoms with Crippen LogP contribution in [0.5, 0.6) is 0 Å². The first-order valence-electron chi connectivity index (χ1n) is 25.2. The molecule has 4 aliphatic rings. The van der Waals surface area contributed by atoms with Crippen LogP contribution >= 0.6 is 7.37 Å². The second kappa shape index (κ2) is 26.5. The molecular weight excluding hydrogens is 906 g/mol. The average molecular weight is 990 g/mol. The number of fused-ring (bicyclic) bond motifs is 3. The van der Waals surface area contributed by atoms with Crippen molar-refractivity contribution in [2.45, 2.75) is 180 Å². The van der Waals surface area contributed by atoms with Gasteiger partial charge in [0.2, 0.25) is 5.79 Å². The average Bonchev–Trinajstić information content (AvgIpc) is 3.30. The topological polar surface area (TPSA) is 201 Å². The highest BCUT2D eigenvalue weighted by Crippen LogP contribution is 2.45. The summed E-state index contributed by atoms with van der Waals surface area (Å²) in [5.41, 5.74) is 1.25. The van der Waals surface area contributed by atoms with E-state index in [-0.39, 0.29) is 60.9 Å². The van der Waals surface area contributed by atoms with Crippen molar-refractivity contribution in [3.8, 4) is 0 Å². The lowest BCUT2D eigenvalue weighted by Crippen LogP contribution is -2.61. The summed E-state index contributed by atoms with van der Waals surface area (Å²) in [5, 5.41) is 23.5. The minimum absolute atomic E-state index is 0.0117. The van der Waals surface area contributed by atoms with Crippen molar-refractivity contribution in [3.63, 3.8) is 0 Å².